The second-order valence-corrected chi connectivity index (χ2v) is 8.90. The second kappa shape index (κ2) is 7.81. The molecule has 1 aromatic heterocycles. The summed E-state index contributed by atoms with van der Waals surface area (Å²) in [4.78, 5) is 13.5. The highest BCUT2D eigenvalue weighted by atomic mass is 32.2. The fourth-order valence-corrected chi connectivity index (χ4v) is 4.76. The lowest BCUT2D eigenvalue weighted by Crippen LogP contribution is -2.18. The molecule has 0 aliphatic carbocycles. The normalized spacial score (nSPS) is 11.0. The van der Waals surface area contributed by atoms with Gasteiger partial charge in [-0.25, -0.2) is 8.42 Å². The van der Waals surface area contributed by atoms with Gasteiger partial charge in [0.05, 0.1) is 18.4 Å². The summed E-state index contributed by atoms with van der Waals surface area (Å²) in [6.45, 7) is 1.83. The zero-order chi connectivity index (χ0) is 19.4. The van der Waals surface area contributed by atoms with Crippen molar-refractivity contribution >= 4 is 38.6 Å². The standard InChI is InChI=1S/C19H18N2O4S2/c1-13-7-12-18(26-13)27(23,24)21-17-6-4-3-5-16(17)19(22)20-14-8-10-15(25-2)11-9-14/h3-12,21H,1-2H3,(H,20,22). The third kappa shape index (κ3) is 4.47. The first kappa shape index (κ1) is 18.9. The molecule has 3 rings (SSSR count). The Bertz CT molecular complexity index is 1060. The summed E-state index contributed by atoms with van der Waals surface area (Å²) < 4.78 is 32.9. The quantitative estimate of drug-likeness (QED) is 0.650. The number of ether oxygens (including phenoxy) is 1. The van der Waals surface area contributed by atoms with Crippen LogP contribution in [0.25, 0.3) is 0 Å². The van der Waals surface area contributed by atoms with E-state index in [-0.39, 0.29) is 15.5 Å². The van der Waals surface area contributed by atoms with Gasteiger partial charge in [0, 0.05) is 10.6 Å². The molecule has 0 atom stereocenters. The monoisotopic (exact) mass is 402 g/mol. The van der Waals surface area contributed by atoms with E-state index in [1.165, 1.54) is 11.3 Å². The average molecular weight is 402 g/mol. The number of methoxy groups -OCH3 is 1. The SMILES string of the molecule is COc1ccc(NC(=O)c2ccccc2NS(=O)(=O)c2ccc(C)s2)cc1. The van der Waals surface area contributed by atoms with E-state index in [0.29, 0.717) is 11.4 Å². The van der Waals surface area contributed by atoms with Crippen LogP contribution in [0.3, 0.4) is 0 Å². The predicted molar refractivity (Wildman–Crippen MR) is 107 cm³/mol. The summed E-state index contributed by atoms with van der Waals surface area (Å²) >= 11 is 1.17. The maximum atomic E-state index is 12.6. The first-order valence-electron chi connectivity index (χ1n) is 8.03. The molecule has 0 aliphatic rings. The summed E-state index contributed by atoms with van der Waals surface area (Å²) in [7, 11) is -2.20. The summed E-state index contributed by atoms with van der Waals surface area (Å²) in [5, 5.41) is 2.75. The Kier molecular flexibility index (Phi) is 5.48. The van der Waals surface area contributed by atoms with Crippen LogP contribution in [0.15, 0.2) is 64.9 Å². The molecule has 0 radical (unpaired) electrons. The van der Waals surface area contributed by atoms with Gasteiger partial charge in [0.25, 0.3) is 15.9 Å². The number of hydrogen-bond acceptors (Lipinski definition) is 5. The Morgan fingerprint density at radius 2 is 1.70 bits per heavy atom. The van der Waals surface area contributed by atoms with Crippen molar-refractivity contribution < 1.29 is 17.9 Å². The number of carbonyl (C=O) groups is 1. The number of rotatable bonds is 6. The van der Waals surface area contributed by atoms with Crippen LogP contribution < -0.4 is 14.8 Å². The summed E-state index contributed by atoms with van der Waals surface area (Å²) in [6, 6.07) is 16.6. The minimum Gasteiger partial charge on any atom is -0.497 e. The fourth-order valence-electron chi connectivity index (χ4n) is 2.39. The number of anilines is 2. The molecule has 0 spiro atoms. The number of hydrogen-bond donors (Lipinski definition) is 2. The van der Waals surface area contributed by atoms with Gasteiger partial charge in [0.1, 0.15) is 9.96 Å². The molecule has 0 fully saturated rings. The number of thiophene rings is 1. The molecule has 27 heavy (non-hydrogen) atoms. The fraction of sp³-hybridized carbons (Fsp3) is 0.105. The van der Waals surface area contributed by atoms with Gasteiger partial charge in [0.2, 0.25) is 0 Å². The van der Waals surface area contributed by atoms with Gasteiger partial charge in [-0.05, 0) is 55.5 Å². The molecule has 1 amide bonds. The van der Waals surface area contributed by atoms with E-state index in [1.54, 1.807) is 67.8 Å². The number of aryl methyl sites for hydroxylation is 1. The average Bonchev–Trinajstić information content (AvgIpc) is 3.10. The molecule has 0 unspecified atom stereocenters. The van der Waals surface area contributed by atoms with Gasteiger partial charge in [0.15, 0.2) is 0 Å². The molecule has 0 saturated carbocycles. The topological polar surface area (TPSA) is 84.5 Å². The zero-order valence-electron chi connectivity index (χ0n) is 14.7. The Hall–Kier alpha value is -2.84. The highest BCUT2D eigenvalue weighted by Gasteiger charge is 2.20. The Morgan fingerprint density at radius 3 is 2.33 bits per heavy atom. The van der Waals surface area contributed by atoms with Crippen LogP contribution in [0.2, 0.25) is 0 Å². The van der Waals surface area contributed by atoms with Crippen molar-refractivity contribution in [1.82, 2.24) is 0 Å². The Morgan fingerprint density at radius 1 is 1.00 bits per heavy atom. The highest BCUT2D eigenvalue weighted by molar-refractivity contribution is 7.94. The molecule has 8 heteroatoms. The lowest BCUT2D eigenvalue weighted by atomic mass is 10.1. The number of carbonyl (C=O) groups excluding carboxylic acids is 1. The van der Waals surface area contributed by atoms with Crippen LogP contribution >= 0.6 is 11.3 Å². The number of para-hydroxylation sites is 1. The zero-order valence-corrected chi connectivity index (χ0v) is 16.4. The lowest BCUT2D eigenvalue weighted by Gasteiger charge is -2.12. The van der Waals surface area contributed by atoms with Crippen LogP contribution in [0.5, 0.6) is 5.75 Å². The van der Waals surface area contributed by atoms with Crippen LogP contribution in [0, 0.1) is 6.92 Å². The van der Waals surface area contributed by atoms with E-state index in [0.717, 1.165) is 4.88 Å². The number of benzene rings is 2. The first-order chi connectivity index (χ1) is 12.9. The van der Waals surface area contributed by atoms with E-state index in [1.807, 2.05) is 6.92 Å². The van der Waals surface area contributed by atoms with E-state index in [9.17, 15) is 13.2 Å². The second-order valence-electron chi connectivity index (χ2n) is 5.70. The maximum Gasteiger partial charge on any atom is 0.271 e. The van der Waals surface area contributed by atoms with Gasteiger partial charge in [-0.2, -0.15) is 0 Å². The van der Waals surface area contributed by atoms with Crippen molar-refractivity contribution in [2.45, 2.75) is 11.1 Å². The van der Waals surface area contributed by atoms with E-state index in [4.69, 9.17) is 4.74 Å². The molecule has 0 saturated heterocycles. The van der Waals surface area contributed by atoms with E-state index < -0.39 is 15.9 Å². The molecule has 140 valence electrons. The van der Waals surface area contributed by atoms with E-state index >= 15 is 0 Å². The first-order valence-corrected chi connectivity index (χ1v) is 10.3. The van der Waals surface area contributed by atoms with Crippen molar-refractivity contribution in [3.8, 4) is 5.75 Å². The Labute approximate surface area is 161 Å². The van der Waals surface area contributed by atoms with Crippen LogP contribution in [0.1, 0.15) is 15.2 Å². The van der Waals surface area contributed by atoms with E-state index in [2.05, 4.69) is 10.0 Å². The summed E-state index contributed by atoms with van der Waals surface area (Å²) in [5.74, 6) is 0.258. The third-order valence-corrected chi connectivity index (χ3v) is 6.60. The van der Waals surface area contributed by atoms with Crippen molar-refractivity contribution in [2.75, 3.05) is 17.1 Å². The van der Waals surface area contributed by atoms with Crippen LogP contribution in [-0.4, -0.2) is 21.4 Å². The van der Waals surface area contributed by atoms with Gasteiger partial charge in [-0.3, -0.25) is 9.52 Å². The van der Waals surface area contributed by atoms with Crippen molar-refractivity contribution in [3.63, 3.8) is 0 Å². The van der Waals surface area contributed by atoms with Gasteiger partial charge < -0.3 is 10.1 Å². The van der Waals surface area contributed by atoms with Gasteiger partial charge in [-0.1, -0.05) is 12.1 Å². The maximum absolute atomic E-state index is 12.6. The molecule has 2 aromatic carbocycles. The van der Waals surface area contributed by atoms with Crippen LogP contribution in [-0.2, 0) is 10.0 Å². The molecule has 2 N–H and O–H groups in total. The number of sulfonamides is 1. The smallest absolute Gasteiger partial charge is 0.271 e. The molecule has 0 aliphatic heterocycles. The minimum atomic E-state index is -3.76. The molecular weight excluding hydrogens is 384 g/mol. The van der Waals surface area contributed by atoms with Crippen molar-refractivity contribution in [1.29, 1.82) is 0 Å². The molecule has 1 heterocycles. The van der Waals surface area contributed by atoms with Gasteiger partial charge in [-0.15, -0.1) is 11.3 Å². The third-order valence-electron chi connectivity index (χ3n) is 3.74. The largest absolute Gasteiger partial charge is 0.497 e. The molecular formula is C19H18N2O4S2. The number of nitrogens with one attached hydrogen (secondary N) is 2. The minimum absolute atomic E-state index is 0.199. The summed E-state index contributed by atoms with van der Waals surface area (Å²) in [5.41, 5.74) is 1.02. The van der Waals surface area contributed by atoms with Crippen LogP contribution in [0.4, 0.5) is 11.4 Å². The molecule has 3 aromatic rings. The van der Waals surface area contributed by atoms with Gasteiger partial charge >= 0.3 is 0 Å². The highest BCUT2D eigenvalue weighted by Crippen LogP contribution is 2.26. The molecule has 0 bridgehead atoms. The van der Waals surface area contributed by atoms with Crippen molar-refractivity contribution in [2.24, 2.45) is 0 Å². The summed E-state index contributed by atoms with van der Waals surface area (Å²) in [6.07, 6.45) is 0. The lowest BCUT2D eigenvalue weighted by molar-refractivity contribution is 0.102. The molecule has 6 nitrogen and oxygen atoms in total. The van der Waals surface area contributed by atoms with Crippen molar-refractivity contribution in [3.05, 3.63) is 71.1 Å². The predicted octanol–water partition coefficient (Wildman–Crippen LogP) is 4.12. The number of amides is 1. The Balaban J connectivity index is 1.83.